The molecule has 0 saturated heterocycles. The number of nitrogens with one attached hydrogen (secondary N) is 2. The highest BCUT2D eigenvalue weighted by molar-refractivity contribution is 5.96. The maximum atomic E-state index is 13.0. The number of anilines is 1. The SMILES string of the molecule is CC(OC(=O)c1ccc2c(c1)CCC(=O)N2)C(=O)NC(C)c1ccc(F)cc1. The molecule has 2 amide bonds. The maximum absolute atomic E-state index is 13.0. The summed E-state index contributed by atoms with van der Waals surface area (Å²) in [4.78, 5) is 36.1. The Balaban J connectivity index is 1.59. The number of esters is 1. The Morgan fingerprint density at radius 2 is 1.82 bits per heavy atom. The van der Waals surface area contributed by atoms with Crippen molar-refractivity contribution < 1.29 is 23.5 Å². The Morgan fingerprint density at radius 1 is 1.11 bits per heavy atom. The summed E-state index contributed by atoms with van der Waals surface area (Å²) in [5.41, 5.74) is 2.61. The normalized spacial score (nSPS) is 15.0. The van der Waals surface area contributed by atoms with E-state index < -0.39 is 18.0 Å². The molecular formula is C21H21FN2O4. The van der Waals surface area contributed by atoms with Crippen molar-refractivity contribution >= 4 is 23.5 Å². The maximum Gasteiger partial charge on any atom is 0.338 e. The molecule has 2 atom stereocenters. The van der Waals surface area contributed by atoms with Gasteiger partial charge < -0.3 is 15.4 Å². The number of hydrogen-bond acceptors (Lipinski definition) is 4. The van der Waals surface area contributed by atoms with Gasteiger partial charge in [-0.1, -0.05) is 12.1 Å². The Kier molecular flexibility index (Phi) is 5.73. The summed E-state index contributed by atoms with van der Waals surface area (Å²) in [5, 5.41) is 5.49. The van der Waals surface area contributed by atoms with Crippen molar-refractivity contribution in [1.29, 1.82) is 0 Å². The molecule has 2 N–H and O–H groups in total. The zero-order valence-corrected chi connectivity index (χ0v) is 15.6. The fraction of sp³-hybridized carbons (Fsp3) is 0.286. The number of benzene rings is 2. The number of fused-ring (bicyclic) bond motifs is 1. The zero-order chi connectivity index (χ0) is 20.3. The van der Waals surface area contributed by atoms with E-state index in [1.54, 1.807) is 37.3 Å². The first-order valence-corrected chi connectivity index (χ1v) is 9.03. The molecule has 0 radical (unpaired) electrons. The van der Waals surface area contributed by atoms with Gasteiger partial charge in [-0.2, -0.15) is 0 Å². The summed E-state index contributed by atoms with van der Waals surface area (Å²) >= 11 is 0. The lowest BCUT2D eigenvalue weighted by Crippen LogP contribution is -2.37. The summed E-state index contributed by atoms with van der Waals surface area (Å²) in [6.07, 6.45) is -0.0786. The third kappa shape index (κ3) is 4.54. The second-order valence-corrected chi connectivity index (χ2v) is 6.75. The summed E-state index contributed by atoms with van der Waals surface area (Å²) < 4.78 is 18.3. The van der Waals surface area contributed by atoms with Gasteiger partial charge >= 0.3 is 5.97 Å². The van der Waals surface area contributed by atoms with Crippen molar-refractivity contribution in [3.05, 3.63) is 65.0 Å². The largest absolute Gasteiger partial charge is 0.449 e. The Hall–Kier alpha value is -3.22. The number of ether oxygens (including phenoxy) is 1. The van der Waals surface area contributed by atoms with Crippen molar-refractivity contribution in [3.63, 3.8) is 0 Å². The number of carbonyl (C=O) groups is 3. The molecule has 28 heavy (non-hydrogen) atoms. The average Bonchev–Trinajstić information content (AvgIpc) is 2.67. The van der Waals surface area contributed by atoms with E-state index in [9.17, 15) is 18.8 Å². The molecule has 2 aromatic rings. The Labute approximate surface area is 162 Å². The lowest BCUT2D eigenvalue weighted by Gasteiger charge is -2.19. The summed E-state index contributed by atoms with van der Waals surface area (Å²) in [6.45, 7) is 3.25. The summed E-state index contributed by atoms with van der Waals surface area (Å²) in [5.74, 6) is -1.47. The van der Waals surface area contributed by atoms with E-state index in [-0.39, 0.29) is 17.8 Å². The van der Waals surface area contributed by atoms with Gasteiger partial charge in [0.15, 0.2) is 6.10 Å². The standard InChI is InChI=1S/C21H21FN2O4/c1-12(14-3-7-17(22)8-4-14)23-20(26)13(2)28-21(27)16-5-9-18-15(11-16)6-10-19(25)24-18/h3-5,7-9,11-13H,6,10H2,1-2H3,(H,23,26)(H,24,25). The molecule has 0 aromatic heterocycles. The molecule has 0 fully saturated rings. The van der Waals surface area contributed by atoms with Gasteiger partial charge in [0, 0.05) is 12.1 Å². The van der Waals surface area contributed by atoms with Gasteiger partial charge in [0.2, 0.25) is 5.91 Å². The highest BCUT2D eigenvalue weighted by atomic mass is 19.1. The van der Waals surface area contributed by atoms with E-state index in [1.807, 2.05) is 0 Å². The monoisotopic (exact) mass is 384 g/mol. The van der Waals surface area contributed by atoms with Gasteiger partial charge in [0.25, 0.3) is 5.91 Å². The number of amides is 2. The lowest BCUT2D eigenvalue weighted by molar-refractivity contribution is -0.129. The topological polar surface area (TPSA) is 84.5 Å². The number of halogens is 1. The quantitative estimate of drug-likeness (QED) is 0.776. The van der Waals surface area contributed by atoms with E-state index in [4.69, 9.17) is 4.74 Å². The van der Waals surface area contributed by atoms with Gasteiger partial charge in [0.1, 0.15) is 5.82 Å². The second-order valence-electron chi connectivity index (χ2n) is 6.75. The highest BCUT2D eigenvalue weighted by Gasteiger charge is 2.22. The van der Waals surface area contributed by atoms with E-state index in [2.05, 4.69) is 10.6 Å². The van der Waals surface area contributed by atoms with Crippen LogP contribution >= 0.6 is 0 Å². The predicted octanol–water partition coefficient (Wildman–Crippen LogP) is 3.13. The van der Waals surface area contributed by atoms with Crippen LogP contribution in [0.4, 0.5) is 10.1 Å². The van der Waals surface area contributed by atoms with Crippen LogP contribution < -0.4 is 10.6 Å². The molecule has 0 bridgehead atoms. The van der Waals surface area contributed by atoms with E-state index >= 15 is 0 Å². The molecule has 1 heterocycles. The Morgan fingerprint density at radius 3 is 2.54 bits per heavy atom. The van der Waals surface area contributed by atoms with Crippen molar-refractivity contribution in [2.45, 2.75) is 38.8 Å². The van der Waals surface area contributed by atoms with E-state index in [1.165, 1.54) is 19.1 Å². The third-order valence-electron chi connectivity index (χ3n) is 4.62. The molecule has 1 aliphatic rings. The molecule has 0 spiro atoms. The summed E-state index contributed by atoms with van der Waals surface area (Å²) in [6, 6.07) is 10.3. The minimum atomic E-state index is -0.994. The van der Waals surface area contributed by atoms with Crippen molar-refractivity contribution in [3.8, 4) is 0 Å². The smallest absolute Gasteiger partial charge is 0.338 e. The Bertz CT molecular complexity index is 911. The molecule has 0 aliphatic carbocycles. The first kappa shape index (κ1) is 19.5. The predicted molar refractivity (Wildman–Crippen MR) is 101 cm³/mol. The van der Waals surface area contributed by atoms with Crippen LogP contribution in [-0.2, 0) is 20.7 Å². The van der Waals surface area contributed by atoms with Crippen molar-refractivity contribution in [2.24, 2.45) is 0 Å². The van der Waals surface area contributed by atoms with Crippen LogP contribution in [0.25, 0.3) is 0 Å². The molecule has 2 unspecified atom stereocenters. The fourth-order valence-corrected chi connectivity index (χ4v) is 2.96. The van der Waals surface area contributed by atoms with Gasteiger partial charge in [-0.25, -0.2) is 9.18 Å². The van der Waals surface area contributed by atoms with Gasteiger partial charge in [-0.3, -0.25) is 9.59 Å². The first-order chi connectivity index (χ1) is 13.3. The molecule has 3 rings (SSSR count). The molecule has 6 nitrogen and oxygen atoms in total. The molecule has 7 heteroatoms. The number of aryl methyl sites for hydroxylation is 1. The van der Waals surface area contributed by atoms with E-state index in [0.29, 0.717) is 24.1 Å². The minimum Gasteiger partial charge on any atom is -0.449 e. The number of rotatable bonds is 5. The van der Waals surface area contributed by atoms with E-state index in [0.717, 1.165) is 11.1 Å². The fourth-order valence-electron chi connectivity index (χ4n) is 2.96. The van der Waals surface area contributed by atoms with Crippen LogP contribution in [0.15, 0.2) is 42.5 Å². The van der Waals surface area contributed by atoms with Crippen LogP contribution in [0.3, 0.4) is 0 Å². The zero-order valence-electron chi connectivity index (χ0n) is 15.6. The molecule has 1 aliphatic heterocycles. The first-order valence-electron chi connectivity index (χ1n) is 9.03. The molecule has 0 saturated carbocycles. The number of carbonyl (C=O) groups excluding carboxylic acids is 3. The minimum absolute atomic E-state index is 0.0524. The van der Waals surface area contributed by atoms with Crippen LogP contribution in [-0.4, -0.2) is 23.9 Å². The average molecular weight is 384 g/mol. The van der Waals surface area contributed by atoms with Crippen molar-refractivity contribution in [1.82, 2.24) is 5.32 Å². The van der Waals surface area contributed by atoms with Crippen LogP contribution in [0, 0.1) is 5.82 Å². The van der Waals surface area contributed by atoms with Gasteiger partial charge in [-0.05, 0) is 61.7 Å². The molecular weight excluding hydrogens is 363 g/mol. The van der Waals surface area contributed by atoms with Crippen LogP contribution in [0.5, 0.6) is 0 Å². The third-order valence-corrected chi connectivity index (χ3v) is 4.62. The lowest BCUT2D eigenvalue weighted by atomic mass is 10.0. The van der Waals surface area contributed by atoms with Crippen molar-refractivity contribution in [2.75, 3.05) is 5.32 Å². The second kappa shape index (κ2) is 8.21. The highest BCUT2D eigenvalue weighted by Crippen LogP contribution is 2.24. The number of hydrogen-bond donors (Lipinski definition) is 2. The molecule has 2 aromatic carbocycles. The van der Waals surface area contributed by atoms with Crippen LogP contribution in [0.2, 0.25) is 0 Å². The van der Waals surface area contributed by atoms with Crippen LogP contribution in [0.1, 0.15) is 47.8 Å². The summed E-state index contributed by atoms with van der Waals surface area (Å²) in [7, 11) is 0. The van der Waals surface area contributed by atoms with Gasteiger partial charge in [0.05, 0.1) is 11.6 Å². The van der Waals surface area contributed by atoms with Gasteiger partial charge in [-0.15, -0.1) is 0 Å². The molecule has 146 valence electrons.